The van der Waals surface area contributed by atoms with Crippen LogP contribution in [0.25, 0.3) is 0 Å². The smallest absolute Gasteiger partial charge is 0.227 e. The Morgan fingerprint density at radius 3 is 2.35 bits per heavy atom. The Labute approximate surface area is 108 Å². The summed E-state index contributed by atoms with van der Waals surface area (Å²) in [5, 5.41) is 0.664. The standard InChI is InChI=1S/C13H19ClN2O/c1-13(2,9-15)8-12(17)16(3)11-6-4-10(14)5-7-11/h4-7H,8-9,15H2,1-3H3. The van der Waals surface area contributed by atoms with Gasteiger partial charge in [0.2, 0.25) is 5.91 Å². The molecule has 0 aliphatic rings. The van der Waals surface area contributed by atoms with E-state index in [1.54, 1.807) is 24.1 Å². The van der Waals surface area contributed by atoms with E-state index in [2.05, 4.69) is 0 Å². The zero-order chi connectivity index (χ0) is 13.1. The van der Waals surface area contributed by atoms with E-state index in [4.69, 9.17) is 17.3 Å². The third kappa shape index (κ3) is 4.02. The van der Waals surface area contributed by atoms with Gasteiger partial charge in [0, 0.05) is 24.2 Å². The van der Waals surface area contributed by atoms with E-state index in [1.165, 1.54) is 0 Å². The predicted octanol–water partition coefficient (Wildman–Crippen LogP) is 2.68. The maximum atomic E-state index is 12.0. The molecule has 0 saturated heterocycles. The first-order chi connectivity index (χ1) is 7.85. The molecule has 1 aromatic rings. The molecule has 0 aliphatic heterocycles. The molecule has 0 fully saturated rings. The SMILES string of the molecule is CN(C(=O)CC(C)(C)CN)c1ccc(Cl)cc1. The molecule has 0 saturated carbocycles. The van der Waals surface area contributed by atoms with E-state index < -0.39 is 0 Å². The number of hydrogen-bond donors (Lipinski definition) is 1. The van der Waals surface area contributed by atoms with Crippen LogP contribution in [-0.4, -0.2) is 19.5 Å². The molecule has 0 spiro atoms. The van der Waals surface area contributed by atoms with Crippen molar-refractivity contribution in [3.63, 3.8) is 0 Å². The first-order valence-electron chi connectivity index (χ1n) is 5.58. The van der Waals surface area contributed by atoms with E-state index >= 15 is 0 Å². The Morgan fingerprint density at radius 2 is 1.88 bits per heavy atom. The predicted molar refractivity (Wildman–Crippen MR) is 72.3 cm³/mol. The van der Waals surface area contributed by atoms with Gasteiger partial charge in [0.05, 0.1) is 0 Å². The molecule has 4 heteroatoms. The third-order valence-electron chi connectivity index (χ3n) is 2.77. The van der Waals surface area contributed by atoms with Crippen LogP contribution < -0.4 is 10.6 Å². The van der Waals surface area contributed by atoms with Crippen LogP contribution in [0.5, 0.6) is 0 Å². The molecule has 1 aromatic carbocycles. The number of nitrogens with two attached hydrogens (primary N) is 1. The average Bonchev–Trinajstić information content (AvgIpc) is 2.28. The number of carbonyl (C=O) groups excluding carboxylic acids is 1. The Bertz CT molecular complexity index is 387. The first-order valence-corrected chi connectivity index (χ1v) is 5.96. The molecule has 0 bridgehead atoms. The van der Waals surface area contributed by atoms with Crippen molar-refractivity contribution in [2.24, 2.45) is 11.1 Å². The van der Waals surface area contributed by atoms with Gasteiger partial charge < -0.3 is 10.6 Å². The largest absolute Gasteiger partial charge is 0.330 e. The Balaban J connectivity index is 2.73. The highest BCUT2D eigenvalue weighted by Gasteiger charge is 2.22. The molecule has 0 unspecified atom stereocenters. The van der Waals surface area contributed by atoms with Crippen molar-refractivity contribution in [1.29, 1.82) is 0 Å². The molecule has 1 rings (SSSR count). The molecule has 17 heavy (non-hydrogen) atoms. The molecule has 0 atom stereocenters. The quantitative estimate of drug-likeness (QED) is 0.898. The summed E-state index contributed by atoms with van der Waals surface area (Å²) in [6, 6.07) is 7.20. The lowest BCUT2D eigenvalue weighted by Gasteiger charge is -2.25. The number of hydrogen-bond acceptors (Lipinski definition) is 2. The number of halogens is 1. The van der Waals surface area contributed by atoms with Crippen LogP contribution in [0, 0.1) is 5.41 Å². The minimum Gasteiger partial charge on any atom is -0.330 e. The van der Waals surface area contributed by atoms with Gasteiger partial charge in [0.25, 0.3) is 0 Å². The molecule has 3 nitrogen and oxygen atoms in total. The van der Waals surface area contributed by atoms with Crippen LogP contribution in [0.1, 0.15) is 20.3 Å². The fourth-order valence-electron chi connectivity index (χ4n) is 1.41. The van der Waals surface area contributed by atoms with Crippen LogP contribution in [0.3, 0.4) is 0 Å². The van der Waals surface area contributed by atoms with Gasteiger partial charge in [-0.2, -0.15) is 0 Å². The number of carbonyl (C=O) groups is 1. The van der Waals surface area contributed by atoms with E-state index in [0.717, 1.165) is 5.69 Å². The molecular formula is C13H19ClN2O. The summed E-state index contributed by atoms with van der Waals surface area (Å²) in [6.07, 6.45) is 0.433. The number of anilines is 1. The van der Waals surface area contributed by atoms with E-state index in [1.807, 2.05) is 26.0 Å². The first kappa shape index (κ1) is 14.0. The third-order valence-corrected chi connectivity index (χ3v) is 3.02. The monoisotopic (exact) mass is 254 g/mol. The van der Waals surface area contributed by atoms with E-state index in [9.17, 15) is 4.79 Å². The molecule has 1 amide bonds. The van der Waals surface area contributed by atoms with Gasteiger partial charge in [-0.1, -0.05) is 25.4 Å². The Hall–Kier alpha value is -1.06. The molecule has 2 N–H and O–H groups in total. The summed E-state index contributed by atoms with van der Waals surface area (Å²) in [6.45, 7) is 4.47. The minimum atomic E-state index is -0.169. The van der Waals surface area contributed by atoms with Gasteiger partial charge in [-0.05, 0) is 36.2 Å². The van der Waals surface area contributed by atoms with Crippen molar-refractivity contribution in [2.45, 2.75) is 20.3 Å². The summed E-state index contributed by atoms with van der Waals surface area (Å²) in [7, 11) is 1.76. The highest BCUT2D eigenvalue weighted by Crippen LogP contribution is 2.22. The number of rotatable bonds is 4. The average molecular weight is 255 g/mol. The topological polar surface area (TPSA) is 46.3 Å². The molecular weight excluding hydrogens is 236 g/mol. The second kappa shape index (κ2) is 5.52. The van der Waals surface area contributed by atoms with Crippen molar-refractivity contribution in [3.05, 3.63) is 29.3 Å². The highest BCUT2D eigenvalue weighted by molar-refractivity contribution is 6.30. The van der Waals surface area contributed by atoms with Gasteiger partial charge in [0.1, 0.15) is 0 Å². The van der Waals surface area contributed by atoms with Crippen molar-refractivity contribution >= 4 is 23.2 Å². The lowest BCUT2D eigenvalue weighted by atomic mass is 9.89. The molecule has 0 radical (unpaired) electrons. The normalized spacial score (nSPS) is 11.4. The van der Waals surface area contributed by atoms with Crippen LogP contribution in [0.2, 0.25) is 5.02 Å². The van der Waals surface area contributed by atoms with Crippen LogP contribution in [0.4, 0.5) is 5.69 Å². The molecule has 0 aliphatic carbocycles. The van der Waals surface area contributed by atoms with E-state index in [0.29, 0.717) is 18.0 Å². The number of amides is 1. The Kier molecular flexibility index (Phi) is 4.54. The Morgan fingerprint density at radius 1 is 1.35 bits per heavy atom. The minimum absolute atomic E-state index is 0.0581. The van der Waals surface area contributed by atoms with Crippen molar-refractivity contribution in [3.8, 4) is 0 Å². The van der Waals surface area contributed by atoms with E-state index in [-0.39, 0.29) is 11.3 Å². The number of nitrogens with zero attached hydrogens (tertiary/aromatic N) is 1. The molecule has 94 valence electrons. The zero-order valence-electron chi connectivity index (χ0n) is 10.5. The van der Waals surface area contributed by atoms with Crippen molar-refractivity contribution in [2.75, 3.05) is 18.5 Å². The fourth-order valence-corrected chi connectivity index (χ4v) is 1.53. The molecule has 0 aromatic heterocycles. The maximum Gasteiger partial charge on any atom is 0.227 e. The van der Waals surface area contributed by atoms with Gasteiger partial charge in [-0.15, -0.1) is 0 Å². The lowest BCUT2D eigenvalue weighted by molar-refractivity contribution is -0.120. The summed E-state index contributed by atoms with van der Waals surface area (Å²) in [5.41, 5.74) is 6.30. The summed E-state index contributed by atoms with van der Waals surface area (Å²) < 4.78 is 0. The van der Waals surface area contributed by atoms with Gasteiger partial charge in [-0.3, -0.25) is 4.79 Å². The fraction of sp³-hybridized carbons (Fsp3) is 0.462. The zero-order valence-corrected chi connectivity index (χ0v) is 11.3. The van der Waals surface area contributed by atoms with Crippen LogP contribution in [-0.2, 0) is 4.79 Å². The lowest BCUT2D eigenvalue weighted by Crippen LogP contribution is -2.34. The maximum absolute atomic E-state index is 12.0. The van der Waals surface area contributed by atoms with Crippen LogP contribution in [0.15, 0.2) is 24.3 Å². The van der Waals surface area contributed by atoms with Crippen molar-refractivity contribution in [1.82, 2.24) is 0 Å². The summed E-state index contributed by atoms with van der Waals surface area (Å²) in [4.78, 5) is 13.7. The van der Waals surface area contributed by atoms with Crippen LogP contribution >= 0.6 is 11.6 Å². The highest BCUT2D eigenvalue weighted by atomic mass is 35.5. The summed E-state index contributed by atoms with van der Waals surface area (Å²) in [5.74, 6) is 0.0581. The van der Waals surface area contributed by atoms with Gasteiger partial charge in [-0.25, -0.2) is 0 Å². The van der Waals surface area contributed by atoms with Gasteiger partial charge in [0.15, 0.2) is 0 Å². The number of benzene rings is 1. The second-order valence-electron chi connectivity index (χ2n) is 4.97. The second-order valence-corrected chi connectivity index (χ2v) is 5.41. The van der Waals surface area contributed by atoms with Crippen molar-refractivity contribution < 1.29 is 4.79 Å². The summed E-state index contributed by atoms with van der Waals surface area (Å²) >= 11 is 5.80. The van der Waals surface area contributed by atoms with Gasteiger partial charge >= 0.3 is 0 Å². The molecule has 0 heterocycles.